The van der Waals surface area contributed by atoms with E-state index in [4.69, 9.17) is 26.2 Å². The van der Waals surface area contributed by atoms with Gasteiger partial charge in [0.2, 0.25) is 0 Å². The van der Waals surface area contributed by atoms with Crippen LogP contribution >= 0.6 is 11.6 Å². The number of carbonyl (C=O) groups is 1. The fourth-order valence-electron chi connectivity index (χ4n) is 2.62. The number of aliphatic carboxylic acids is 1. The van der Waals surface area contributed by atoms with Crippen molar-refractivity contribution in [3.05, 3.63) is 22.7 Å². The number of rotatable bonds is 6. The molecule has 0 bridgehead atoms. The number of carboxylic acids is 1. The molecule has 0 heterocycles. The summed E-state index contributed by atoms with van der Waals surface area (Å²) in [5.41, 5.74) is 0.838. The van der Waals surface area contributed by atoms with E-state index in [0.717, 1.165) is 18.4 Å². The summed E-state index contributed by atoms with van der Waals surface area (Å²) in [6.45, 7) is 1.67. The molecule has 5 heteroatoms. The minimum atomic E-state index is -0.823. The van der Waals surface area contributed by atoms with E-state index in [1.807, 2.05) is 6.07 Å². The number of ether oxygens (including phenoxy) is 2. The van der Waals surface area contributed by atoms with Crippen LogP contribution in [0.15, 0.2) is 12.1 Å². The van der Waals surface area contributed by atoms with Crippen LogP contribution in [0, 0.1) is 5.92 Å². The van der Waals surface area contributed by atoms with Gasteiger partial charge < -0.3 is 14.6 Å². The van der Waals surface area contributed by atoms with Gasteiger partial charge in [-0.2, -0.15) is 0 Å². The van der Waals surface area contributed by atoms with E-state index in [0.29, 0.717) is 22.9 Å². The van der Waals surface area contributed by atoms with Crippen molar-refractivity contribution in [2.24, 2.45) is 5.92 Å². The van der Waals surface area contributed by atoms with Crippen LogP contribution in [0.3, 0.4) is 0 Å². The molecule has 1 unspecified atom stereocenters. The van der Waals surface area contributed by atoms with Gasteiger partial charge in [-0.15, -0.1) is 0 Å². The number of halogens is 1. The third-order valence-electron chi connectivity index (χ3n) is 3.84. The molecule has 0 aliphatic heterocycles. The summed E-state index contributed by atoms with van der Waals surface area (Å²) in [6, 6.07) is 3.59. The van der Waals surface area contributed by atoms with Crippen LogP contribution in [0.4, 0.5) is 0 Å². The zero-order chi connectivity index (χ0) is 15.4. The van der Waals surface area contributed by atoms with E-state index < -0.39 is 11.9 Å². The summed E-state index contributed by atoms with van der Waals surface area (Å²) in [5, 5.41) is 9.47. The highest BCUT2D eigenvalue weighted by molar-refractivity contribution is 6.32. The molecule has 1 atom stereocenters. The first-order valence-electron chi connectivity index (χ1n) is 7.27. The number of hydrogen-bond acceptors (Lipinski definition) is 3. The Bertz CT molecular complexity index is 509. The molecule has 2 rings (SSSR count). The topological polar surface area (TPSA) is 55.8 Å². The fourth-order valence-corrected chi connectivity index (χ4v) is 2.90. The van der Waals surface area contributed by atoms with Crippen LogP contribution < -0.4 is 9.47 Å². The van der Waals surface area contributed by atoms with Gasteiger partial charge in [-0.05, 0) is 49.8 Å². The Morgan fingerprint density at radius 2 is 2.10 bits per heavy atom. The van der Waals surface area contributed by atoms with E-state index in [2.05, 4.69) is 0 Å². The lowest BCUT2D eigenvalue weighted by Gasteiger charge is -2.18. The van der Waals surface area contributed by atoms with Crippen molar-refractivity contribution in [3.63, 3.8) is 0 Å². The third kappa shape index (κ3) is 4.03. The first-order valence-corrected chi connectivity index (χ1v) is 7.65. The molecular weight excluding hydrogens is 292 g/mol. The van der Waals surface area contributed by atoms with E-state index in [-0.39, 0.29) is 6.10 Å². The SMILES string of the molecule is COc1cc(CC(C)C(=O)O)cc(Cl)c1OC1CCCC1. The lowest BCUT2D eigenvalue weighted by atomic mass is 10.0. The highest BCUT2D eigenvalue weighted by atomic mass is 35.5. The molecule has 116 valence electrons. The monoisotopic (exact) mass is 312 g/mol. The van der Waals surface area contributed by atoms with E-state index in [9.17, 15) is 4.79 Å². The summed E-state index contributed by atoms with van der Waals surface area (Å²) in [6.07, 6.45) is 5.04. The highest BCUT2D eigenvalue weighted by Crippen LogP contribution is 2.39. The second-order valence-electron chi connectivity index (χ2n) is 5.58. The van der Waals surface area contributed by atoms with Crippen molar-refractivity contribution in [3.8, 4) is 11.5 Å². The smallest absolute Gasteiger partial charge is 0.306 e. The largest absolute Gasteiger partial charge is 0.493 e. The molecule has 0 radical (unpaired) electrons. The second-order valence-corrected chi connectivity index (χ2v) is 5.98. The molecule has 0 aromatic heterocycles. The maximum Gasteiger partial charge on any atom is 0.306 e. The van der Waals surface area contributed by atoms with Crippen LogP contribution in [-0.2, 0) is 11.2 Å². The van der Waals surface area contributed by atoms with Crippen LogP contribution in [0.5, 0.6) is 11.5 Å². The van der Waals surface area contributed by atoms with Gasteiger partial charge in [-0.3, -0.25) is 4.79 Å². The molecule has 21 heavy (non-hydrogen) atoms. The van der Waals surface area contributed by atoms with Crippen LogP contribution in [0.2, 0.25) is 5.02 Å². The quantitative estimate of drug-likeness (QED) is 0.864. The van der Waals surface area contributed by atoms with E-state index in [1.165, 1.54) is 12.8 Å². The summed E-state index contributed by atoms with van der Waals surface area (Å²) >= 11 is 6.30. The Hall–Kier alpha value is -1.42. The van der Waals surface area contributed by atoms with Crippen LogP contribution in [0.25, 0.3) is 0 Å². The first kappa shape index (κ1) is 16.0. The Kier molecular flexibility index (Phi) is 5.34. The third-order valence-corrected chi connectivity index (χ3v) is 4.12. The summed E-state index contributed by atoms with van der Waals surface area (Å²) < 4.78 is 11.3. The number of carboxylic acid groups (broad SMARTS) is 1. The first-order chi connectivity index (χ1) is 10.0. The summed E-state index contributed by atoms with van der Waals surface area (Å²) in [5.74, 6) is -0.150. The van der Waals surface area contributed by atoms with Crippen molar-refractivity contribution in [2.75, 3.05) is 7.11 Å². The van der Waals surface area contributed by atoms with Gasteiger partial charge in [0.1, 0.15) is 0 Å². The van der Waals surface area contributed by atoms with Crippen molar-refractivity contribution >= 4 is 17.6 Å². The summed E-state index contributed by atoms with van der Waals surface area (Å²) in [7, 11) is 1.57. The van der Waals surface area contributed by atoms with Gasteiger partial charge in [0.05, 0.1) is 24.2 Å². The van der Waals surface area contributed by atoms with Gasteiger partial charge in [0.25, 0.3) is 0 Å². The predicted octanol–water partition coefficient (Wildman–Crippen LogP) is 3.93. The van der Waals surface area contributed by atoms with Gasteiger partial charge >= 0.3 is 5.97 Å². The minimum Gasteiger partial charge on any atom is -0.493 e. The van der Waals surface area contributed by atoms with Gasteiger partial charge in [-0.1, -0.05) is 18.5 Å². The van der Waals surface area contributed by atoms with E-state index in [1.54, 1.807) is 20.1 Å². The van der Waals surface area contributed by atoms with Crippen LogP contribution in [-0.4, -0.2) is 24.3 Å². The number of methoxy groups -OCH3 is 1. The molecule has 0 spiro atoms. The number of benzene rings is 1. The maximum atomic E-state index is 11.0. The summed E-state index contributed by atoms with van der Waals surface area (Å²) in [4.78, 5) is 11.0. The zero-order valence-electron chi connectivity index (χ0n) is 12.4. The molecule has 1 N–H and O–H groups in total. The van der Waals surface area contributed by atoms with Crippen molar-refractivity contribution < 1.29 is 19.4 Å². The van der Waals surface area contributed by atoms with Crippen molar-refractivity contribution in [1.29, 1.82) is 0 Å². The molecule has 1 aliphatic carbocycles. The molecule has 1 saturated carbocycles. The Balaban J connectivity index is 2.20. The predicted molar refractivity (Wildman–Crippen MR) is 81.4 cm³/mol. The lowest BCUT2D eigenvalue weighted by molar-refractivity contribution is -0.141. The Morgan fingerprint density at radius 1 is 1.43 bits per heavy atom. The Morgan fingerprint density at radius 3 is 2.67 bits per heavy atom. The number of hydrogen-bond donors (Lipinski definition) is 1. The Labute approximate surface area is 130 Å². The molecule has 1 aromatic rings. The van der Waals surface area contributed by atoms with Gasteiger partial charge in [-0.25, -0.2) is 0 Å². The average Bonchev–Trinajstić information content (AvgIpc) is 2.94. The molecule has 0 amide bonds. The average molecular weight is 313 g/mol. The molecule has 4 nitrogen and oxygen atoms in total. The van der Waals surface area contributed by atoms with Gasteiger partial charge in [0, 0.05) is 0 Å². The maximum absolute atomic E-state index is 11.0. The van der Waals surface area contributed by atoms with Crippen molar-refractivity contribution in [2.45, 2.75) is 45.1 Å². The van der Waals surface area contributed by atoms with Crippen LogP contribution in [0.1, 0.15) is 38.2 Å². The molecule has 1 aliphatic rings. The fraction of sp³-hybridized carbons (Fsp3) is 0.562. The minimum absolute atomic E-state index is 0.195. The lowest BCUT2D eigenvalue weighted by Crippen LogP contribution is -2.14. The second kappa shape index (κ2) is 7.03. The molecule has 0 saturated heterocycles. The molecule has 1 fully saturated rings. The molecule has 1 aromatic carbocycles. The highest BCUT2D eigenvalue weighted by Gasteiger charge is 2.21. The van der Waals surface area contributed by atoms with Gasteiger partial charge in [0.15, 0.2) is 11.5 Å². The normalized spacial score (nSPS) is 16.7. The zero-order valence-corrected chi connectivity index (χ0v) is 13.2. The standard InChI is InChI=1S/C16H21ClO4/c1-10(16(18)19)7-11-8-13(17)15(14(9-11)20-2)21-12-5-3-4-6-12/h8-10,12H,3-7H2,1-2H3,(H,18,19). The van der Waals surface area contributed by atoms with Crippen molar-refractivity contribution in [1.82, 2.24) is 0 Å². The molecular formula is C16H21ClO4. The van der Waals surface area contributed by atoms with E-state index >= 15 is 0 Å².